The van der Waals surface area contributed by atoms with Crippen molar-refractivity contribution in [3.05, 3.63) is 41.1 Å². The Hall–Kier alpha value is -1.99. The molecule has 7 heteroatoms. The van der Waals surface area contributed by atoms with Crippen molar-refractivity contribution in [2.24, 2.45) is 0 Å². The molecule has 2 aliphatic rings. The Balaban J connectivity index is 1.33. The van der Waals surface area contributed by atoms with Gasteiger partial charge in [-0.25, -0.2) is 4.98 Å². The molecule has 4 rings (SSSR count). The highest BCUT2D eigenvalue weighted by Gasteiger charge is 2.44. The first-order valence-electron chi connectivity index (χ1n) is 8.12. The van der Waals surface area contributed by atoms with Crippen LogP contribution in [0.3, 0.4) is 0 Å². The fourth-order valence-corrected chi connectivity index (χ4v) is 3.96. The molecule has 0 unspecified atom stereocenters. The summed E-state index contributed by atoms with van der Waals surface area (Å²) in [5.41, 5.74) is 2.08. The van der Waals surface area contributed by atoms with Crippen molar-refractivity contribution in [1.29, 1.82) is 0 Å². The molecule has 0 aliphatic carbocycles. The van der Waals surface area contributed by atoms with E-state index in [1.807, 2.05) is 17.0 Å². The van der Waals surface area contributed by atoms with Gasteiger partial charge in [-0.3, -0.25) is 9.78 Å². The van der Waals surface area contributed by atoms with Crippen LogP contribution in [0.4, 0.5) is 0 Å². The van der Waals surface area contributed by atoms with Crippen molar-refractivity contribution < 1.29 is 14.3 Å². The first kappa shape index (κ1) is 15.5. The van der Waals surface area contributed by atoms with Crippen LogP contribution in [0.1, 0.15) is 29.8 Å². The molecule has 2 fully saturated rings. The lowest BCUT2D eigenvalue weighted by molar-refractivity contribution is -0.0396. The van der Waals surface area contributed by atoms with Gasteiger partial charge in [0.25, 0.3) is 5.91 Å². The second-order valence-corrected chi connectivity index (χ2v) is 7.01. The summed E-state index contributed by atoms with van der Waals surface area (Å²) in [6, 6.07) is 3.77. The predicted molar refractivity (Wildman–Crippen MR) is 89.2 cm³/mol. The van der Waals surface area contributed by atoms with Crippen LogP contribution in [0.5, 0.6) is 5.75 Å². The van der Waals surface area contributed by atoms with Gasteiger partial charge < -0.3 is 14.4 Å². The number of thiazole rings is 1. The fraction of sp³-hybridized carbons (Fsp3) is 0.471. The summed E-state index contributed by atoms with van der Waals surface area (Å²) < 4.78 is 12.0. The molecule has 2 aliphatic heterocycles. The highest BCUT2D eigenvalue weighted by molar-refractivity contribution is 7.07. The summed E-state index contributed by atoms with van der Waals surface area (Å²) in [5.74, 6) is 0.798. The molecule has 1 spiro atoms. The lowest BCUT2D eigenvalue weighted by atomic mass is 9.88. The number of amides is 1. The minimum Gasteiger partial charge on any atom is -0.486 e. The van der Waals surface area contributed by atoms with Gasteiger partial charge >= 0.3 is 0 Å². The lowest BCUT2D eigenvalue weighted by Gasteiger charge is -2.38. The topological polar surface area (TPSA) is 64.6 Å². The van der Waals surface area contributed by atoms with E-state index in [0.29, 0.717) is 25.4 Å². The van der Waals surface area contributed by atoms with E-state index in [-0.39, 0.29) is 17.6 Å². The number of nitrogens with zero attached hydrogens (tertiary/aromatic N) is 3. The summed E-state index contributed by atoms with van der Waals surface area (Å²) in [4.78, 5) is 22.4. The molecule has 2 aromatic heterocycles. The average molecular weight is 345 g/mol. The van der Waals surface area contributed by atoms with Crippen molar-refractivity contribution in [3.63, 3.8) is 0 Å². The third-order valence-corrected chi connectivity index (χ3v) is 5.31. The molecule has 6 nitrogen and oxygen atoms in total. The highest BCUT2D eigenvalue weighted by Crippen LogP contribution is 2.37. The number of likely N-dealkylation sites (tertiary alicyclic amines) is 1. The minimum absolute atomic E-state index is 0.0206. The third kappa shape index (κ3) is 3.14. The molecule has 1 amide bonds. The highest BCUT2D eigenvalue weighted by atomic mass is 32.1. The maximum Gasteiger partial charge on any atom is 0.273 e. The van der Waals surface area contributed by atoms with Crippen molar-refractivity contribution in [2.45, 2.75) is 31.0 Å². The molecule has 0 N–H and O–H groups in total. The van der Waals surface area contributed by atoms with Gasteiger partial charge in [-0.2, -0.15) is 0 Å². The van der Waals surface area contributed by atoms with Crippen LogP contribution in [0.25, 0.3) is 0 Å². The summed E-state index contributed by atoms with van der Waals surface area (Å²) in [6.07, 6.45) is 6.05. The number of piperidine rings is 1. The van der Waals surface area contributed by atoms with Crippen LogP contribution in [0, 0.1) is 0 Å². The van der Waals surface area contributed by atoms with Crippen LogP contribution in [-0.2, 0) is 4.74 Å². The van der Waals surface area contributed by atoms with Crippen molar-refractivity contribution in [2.75, 3.05) is 19.7 Å². The minimum atomic E-state index is -0.161. The molecule has 1 atom stereocenters. The van der Waals surface area contributed by atoms with E-state index in [1.165, 1.54) is 11.3 Å². The number of carbonyl (C=O) groups excluding carboxylic acids is 1. The van der Waals surface area contributed by atoms with Crippen LogP contribution in [0.2, 0.25) is 0 Å². The van der Waals surface area contributed by atoms with E-state index in [0.717, 1.165) is 25.0 Å². The third-order valence-electron chi connectivity index (χ3n) is 4.73. The molecule has 24 heavy (non-hydrogen) atoms. The monoisotopic (exact) mass is 345 g/mol. The Morgan fingerprint density at radius 3 is 3.00 bits per heavy atom. The van der Waals surface area contributed by atoms with E-state index in [1.54, 1.807) is 23.3 Å². The second-order valence-electron chi connectivity index (χ2n) is 6.29. The number of carbonyl (C=O) groups is 1. The van der Waals surface area contributed by atoms with E-state index < -0.39 is 0 Å². The molecule has 0 bridgehead atoms. The zero-order valence-electron chi connectivity index (χ0n) is 13.3. The van der Waals surface area contributed by atoms with Crippen LogP contribution >= 0.6 is 11.3 Å². The first-order valence-corrected chi connectivity index (χ1v) is 9.07. The summed E-state index contributed by atoms with van der Waals surface area (Å²) in [7, 11) is 0. The average Bonchev–Trinajstić information content (AvgIpc) is 3.27. The molecule has 126 valence electrons. The van der Waals surface area contributed by atoms with Gasteiger partial charge in [0.15, 0.2) is 0 Å². The van der Waals surface area contributed by atoms with Crippen LogP contribution in [0.15, 0.2) is 35.4 Å². The molecule has 0 radical (unpaired) electrons. The quantitative estimate of drug-likeness (QED) is 0.855. The Morgan fingerprint density at radius 2 is 2.29 bits per heavy atom. The van der Waals surface area contributed by atoms with E-state index in [4.69, 9.17) is 9.47 Å². The summed E-state index contributed by atoms with van der Waals surface area (Å²) in [6.45, 7) is 2.00. The number of hydrogen-bond acceptors (Lipinski definition) is 6. The Morgan fingerprint density at radius 1 is 1.42 bits per heavy atom. The predicted octanol–water partition coefficient (Wildman–Crippen LogP) is 2.38. The molecular weight excluding hydrogens is 326 g/mol. The second kappa shape index (κ2) is 6.49. The van der Waals surface area contributed by atoms with Gasteiger partial charge in [-0.15, -0.1) is 11.3 Å². The SMILES string of the molecule is O=C(c1cscn1)N1CCC2(CC1)C[C@@H](Oc1cccnc1)CO2. The van der Waals surface area contributed by atoms with Crippen molar-refractivity contribution in [1.82, 2.24) is 14.9 Å². The summed E-state index contributed by atoms with van der Waals surface area (Å²) >= 11 is 1.45. The van der Waals surface area contributed by atoms with E-state index >= 15 is 0 Å². The van der Waals surface area contributed by atoms with Gasteiger partial charge in [-0.05, 0) is 25.0 Å². The summed E-state index contributed by atoms with van der Waals surface area (Å²) in [5, 5.41) is 1.80. The number of hydrogen-bond donors (Lipinski definition) is 0. The maximum atomic E-state index is 12.4. The molecular formula is C17H19N3O3S. The van der Waals surface area contributed by atoms with Gasteiger partial charge in [-0.1, -0.05) is 0 Å². The van der Waals surface area contributed by atoms with Crippen molar-refractivity contribution in [3.8, 4) is 5.75 Å². The van der Waals surface area contributed by atoms with Crippen LogP contribution in [-0.4, -0.2) is 52.2 Å². The van der Waals surface area contributed by atoms with Gasteiger partial charge in [0.2, 0.25) is 0 Å². The number of pyridine rings is 1. The van der Waals surface area contributed by atoms with E-state index in [2.05, 4.69) is 9.97 Å². The smallest absolute Gasteiger partial charge is 0.273 e. The number of aromatic nitrogens is 2. The van der Waals surface area contributed by atoms with Gasteiger partial charge in [0.1, 0.15) is 17.5 Å². The fourth-order valence-electron chi connectivity index (χ4n) is 3.43. The Labute approximate surface area is 144 Å². The lowest BCUT2D eigenvalue weighted by Crippen LogP contribution is -2.46. The first-order chi connectivity index (χ1) is 11.7. The van der Waals surface area contributed by atoms with Gasteiger partial charge in [0, 0.05) is 31.1 Å². The van der Waals surface area contributed by atoms with Crippen molar-refractivity contribution >= 4 is 17.2 Å². The number of ether oxygens (including phenoxy) is 2. The normalized spacial score (nSPS) is 22.7. The van der Waals surface area contributed by atoms with Crippen LogP contribution < -0.4 is 4.74 Å². The Bertz CT molecular complexity index is 684. The largest absolute Gasteiger partial charge is 0.486 e. The molecule has 0 aromatic carbocycles. The maximum absolute atomic E-state index is 12.4. The zero-order chi connectivity index (χ0) is 16.4. The molecule has 0 saturated carbocycles. The molecule has 2 saturated heterocycles. The van der Waals surface area contributed by atoms with E-state index in [9.17, 15) is 4.79 Å². The zero-order valence-corrected chi connectivity index (χ0v) is 14.1. The Kier molecular flexibility index (Phi) is 4.20. The standard InChI is InChI=1S/C17H19N3O3S/c21-16(15-11-24-12-19-15)20-6-3-17(4-7-20)8-14(10-22-17)23-13-2-1-5-18-9-13/h1-2,5,9,11-12,14H,3-4,6-8,10H2/t14-/m1/s1. The number of rotatable bonds is 3. The molecule has 2 aromatic rings. The van der Waals surface area contributed by atoms with Gasteiger partial charge in [0.05, 0.1) is 23.9 Å². The molecule has 4 heterocycles.